The Balaban J connectivity index is 1.81. The normalized spacial score (nSPS) is 15.5. The number of nitrogens with zero attached hydrogens (tertiary/aromatic N) is 2. The fourth-order valence-corrected chi connectivity index (χ4v) is 2.74. The van der Waals surface area contributed by atoms with Crippen LogP contribution in [0.5, 0.6) is 5.75 Å². The number of carbonyl (C=O) groups is 2. The maximum Gasteiger partial charge on any atom is 0.269 e. The molecule has 27 heavy (non-hydrogen) atoms. The Labute approximate surface area is 155 Å². The number of benzene rings is 2. The van der Waals surface area contributed by atoms with E-state index in [4.69, 9.17) is 4.74 Å². The molecule has 1 aliphatic rings. The Kier molecular flexibility index (Phi) is 4.89. The highest BCUT2D eigenvalue weighted by Gasteiger charge is 2.30. The molecule has 1 unspecified atom stereocenters. The molecular formula is C19H17N3O5. The topological polar surface area (TPSA) is 102 Å². The van der Waals surface area contributed by atoms with Gasteiger partial charge in [0.1, 0.15) is 5.75 Å². The molecule has 0 radical (unpaired) electrons. The molecule has 0 saturated heterocycles. The lowest BCUT2D eigenvalue weighted by atomic mass is 10.1. The predicted molar refractivity (Wildman–Crippen MR) is 100 cm³/mol. The van der Waals surface area contributed by atoms with E-state index in [1.807, 2.05) is 0 Å². The van der Waals surface area contributed by atoms with Crippen molar-refractivity contribution in [3.05, 3.63) is 70.8 Å². The molecule has 0 bridgehead atoms. The van der Waals surface area contributed by atoms with Crippen LogP contribution < -0.4 is 15.0 Å². The number of non-ortho nitro benzene ring substituents is 1. The summed E-state index contributed by atoms with van der Waals surface area (Å²) in [5.41, 5.74) is 1.29. The van der Waals surface area contributed by atoms with Gasteiger partial charge in [-0.2, -0.15) is 0 Å². The van der Waals surface area contributed by atoms with Gasteiger partial charge in [-0.25, -0.2) is 0 Å². The van der Waals surface area contributed by atoms with Crippen molar-refractivity contribution < 1.29 is 19.2 Å². The third-order valence-electron chi connectivity index (χ3n) is 4.08. The third-order valence-corrected chi connectivity index (χ3v) is 4.08. The summed E-state index contributed by atoms with van der Waals surface area (Å²) >= 11 is 0. The second-order valence-electron chi connectivity index (χ2n) is 5.94. The number of fused-ring (bicyclic) bond motifs is 1. The number of anilines is 2. The van der Waals surface area contributed by atoms with Gasteiger partial charge in [-0.1, -0.05) is 6.08 Å². The Morgan fingerprint density at radius 2 is 2.04 bits per heavy atom. The maximum absolute atomic E-state index is 12.3. The highest BCUT2D eigenvalue weighted by atomic mass is 16.6. The molecule has 2 aromatic rings. The third kappa shape index (κ3) is 3.64. The molecular weight excluding hydrogens is 350 g/mol. The number of hydrogen-bond acceptors (Lipinski definition) is 5. The van der Waals surface area contributed by atoms with Crippen molar-refractivity contribution in [1.82, 2.24) is 0 Å². The summed E-state index contributed by atoms with van der Waals surface area (Å²) in [6.45, 7) is 5.67. The first-order chi connectivity index (χ1) is 12.9. The van der Waals surface area contributed by atoms with E-state index in [2.05, 4.69) is 11.9 Å². The first-order valence-corrected chi connectivity index (χ1v) is 8.19. The van der Waals surface area contributed by atoms with Crippen LogP contribution in [0.1, 0.15) is 17.3 Å². The van der Waals surface area contributed by atoms with Crippen molar-refractivity contribution in [2.75, 3.05) is 16.8 Å². The number of hydrogen-bond donors (Lipinski definition) is 1. The fraction of sp³-hybridized carbons (Fsp3) is 0.158. The molecule has 1 heterocycles. The zero-order valence-corrected chi connectivity index (χ0v) is 14.5. The zero-order valence-electron chi connectivity index (χ0n) is 14.5. The van der Waals surface area contributed by atoms with Crippen LogP contribution in [0.2, 0.25) is 0 Å². The molecule has 1 aliphatic heterocycles. The molecule has 0 aliphatic carbocycles. The summed E-state index contributed by atoms with van der Waals surface area (Å²) in [5, 5.41) is 13.4. The Bertz CT molecular complexity index is 923. The van der Waals surface area contributed by atoms with Crippen LogP contribution in [0.3, 0.4) is 0 Å². The van der Waals surface area contributed by atoms with E-state index in [1.165, 1.54) is 24.3 Å². The summed E-state index contributed by atoms with van der Waals surface area (Å²) in [6, 6.07) is 10.3. The van der Waals surface area contributed by atoms with Crippen molar-refractivity contribution in [2.45, 2.75) is 13.0 Å². The molecule has 2 aromatic carbocycles. The summed E-state index contributed by atoms with van der Waals surface area (Å²) in [4.78, 5) is 36.3. The van der Waals surface area contributed by atoms with Gasteiger partial charge in [0, 0.05) is 36.0 Å². The van der Waals surface area contributed by atoms with Crippen LogP contribution in [0.15, 0.2) is 55.1 Å². The molecule has 0 aromatic heterocycles. The molecule has 8 heteroatoms. The van der Waals surface area contributed by atoms with Crippen molar-refractivity contribution in [1.29, 1.82) is 0 Å². The van der Waals surface area contributed by atoms with E-state index in [0.29, 0.717) is 23.7 Å². The minimum atomic E-state index is -0.641. The molecule has 3 rings (SSSR count). The number of carbonyl (C=O) groups excluding carboxylic acids is 2. The standard InChI is InChI=1S/C19H17N3O5/c1-3-10-21-16-9-6-14(11-17(16)27-12(2)19(21)24)20-18(23)13-4-7-15(8-5-13)22(25)26/h3-9,11-12H,1,10H2,2H3,(H,20,23). The van der Waals surface area contributed by atoms with Crippen LogP contribution in [-0.4, -0.2) is 29.4 Å². The van der Waals surface area contributed by atoms with E-state index >= 15 is 0 Å². The molecule has 0 saturated carbocycles. The van der Waals surface area contributed by atoms with Crippen molar-refractivity contribution in [3.63, 3.8) is 0 Å². The van der Waals surface area contributed by atoms with Crippen LogP contribution >= 0.6 is 0 Å². The molecule has 0 spiro atoms. The van der Waals surface area contributed by atoms with E-state index < -0.39 is 16.9 Å². The van der Waals surface area contributed by atoms with Crippen LogP contribution in [0.4, 0.5) is 17.1 Å². The van der Waals surface area contributed by atoms with E-state index in [9.17, 15) is 19.7 Å². The molecule has 0 fully saturated rings. The number of nitro groups is 1. The van der Waals surface area contributed by atoms with Gasteiger partial charge < -0.3 is 15.0 Å². The van der Waals surface area contributed by atoms with Gasteiger partial charge in [-0.15, -0.1) is 6.58 Å². The summed E-state index contributed by atoms with van der Waals surface area (Å²) in [7, 11) is 0. The van der Waals surface area contributed by atoms with Crippen LogP contribution in [0, 0.1) is 10.1 Å². The van der Waals surface area contributed by atoms with Crippen molar-refractivity contribution in [2.24, 2.45) is 0 Å². The average molecular weight is 367 g/mol. The van der Waals surface area contributed by atoms with Gasteiger partial charge >= 0.3 is 0 Å². The predicted octanol–water partition coefficient (Wildman–Crippen LogP) is 3.15. The second kappa shape index (κ2) is 7.28. The van der Waals surface area contributed by atoms with Gasteiger partial charge in [-0.05, 0) is 31.2 Å². The molecule has 2 amide bonds. The fourth-order valence-electron chi connectivity index (χ4n) is 2.74. The van der Waals surface area contributed by atoms with Gasteiger partial charge in [0.2, 0.25) is 0 Å². The van der Waals surface area contributed by atoms with Crippen molar-refractivity contribution in [3.8, 4) is 5.75 Å². The summed E-state index contributed by atoms with van der Waals surface area (Å²) in [6.07, 6.45) is 0.988. The van der Waals surface area contributed by atoms with Gasteiger partial charge in [0.25, 0.3) is 17.5 Å². The lowest BCUT2D eigenvalue weighted by Crippen LogP contribution is -2.44. The minimum Gasteiger partial charge on any atom is -0.479 e. The van der Waals surface area contributed by atoms with E-state index in [-0.39, 0.29) is 17.2 Å². The first-order valence-electron chi connectivity index (χ1n) is 8.19. The maximum atomic E-state index is 12.3. The SMILES string of the molecule is C=CCN1C(=O)C(C)Oc2cc(NC(=O)c3ccc([N+](=O)[O-])cc3)ccc21. The lowest BCUT2D eigenvalue weighted by molar-refractivity contribution is -0.384. The van der Waals surface area contributed by atoms with Gasteiger partial charge in [-0.3, -0.25) is 19.7 Å². The van der Waals surface area contributed by atoms with Crippen LogP contribution in [-0.2, 0) is 4.79 Å². The Hall–Kier alpha value is -3.68. The average Bonchev–Trinajstić information content (AvgIpc) is 2.65. The number of amides is 2. The monoisotopic (exact) mass is 367 g/mol. The zero-order chi connectivity index (χ0) is 19.6. The Morgan fingerprint density at radius 3 is 2.67 bits per heavy atom. The van der Waals surface area contributed by atoms with E-state index in [1.54, 1.807) is 36.1 Å². The van der Waals surface area contributed by atoms with Gasteiger partial charge in [0.05, 0.1) is 10.6 Å². The Morgan fingerprint density at radius 1 is 1.33 bits per heavy atom. The number of nitrogens with one attached hydrogen (secondary N) is 1. The second-order valence-corrected chi connectivity index (χ2v) is 5.94. The smallest absolute Gasteiger partial charge is 0.269 e. The summed E-state index contributed by atoms with van der Waals surface area (Å²) < 4.78 is 5.64. The summed E-state index contributed by atoms with van der Waals surface area (Å²) in [5.74, 6) is -0.0942. The quantitative estimate of drug-likeness (QED) is 0.497. The largest absolute Gasteiger partial charge is 0.479 e. The molecule has 1 N–H and O–H groups in total. The highest BCUT2D eigenvalue weighted by Crippen LogP contribution is 2.36. The molecule has 8 nitrogen and oxygen atoms in total. The number of nitro benzene ring substituents is 1. The lowest BCUT2D eigenvalue weighted by Gasteiger charge is -2.32. The van der Waals surface area contributed by atoms with Crippen molar-refractivity contribution >= 4 is 28.9 Å². The number of rotatable bonds is 5. The molecule has 1 atom stereocenters. The molecule has 138 valence electrons. The first kappa shape index (κ1) is 18.1. The number of ether oxygens (including phenoxy) is 1. The van der Waals surface area contributed by atoms with E-state index in [0.717, 1.165) is 0 Å². The minimum absolute atomic E-state index is 0.0882. The highest BCUT2D eigenvalue weighted by molar-refractivity contribution is 6.05. The van der Waals surface area contributed by atoms with Crippen LogP contribution in [0.25, 0.3) is 0 Å². The van der Waals surface area contributed by atoms with Gasteiger partial charge in [0.15, 0.2) is 6.10 Å².